The molecule has 1 saturated heterocycles. The van der Waals surface area contributed by atoms with Crippen molar-refractivity contribution in [2.75, 3.05) is 41.3 Å². The topological polar surface area (TPSA) is 65.8 Å². The summed E-state index contributed by atoms with van der Waals surface area (Å²) < 4.78 is 74.6. The van der Waals surface area contributed by atoms with Gasteiger partial charge in [0.15, 0.2) is 23.3 Å². The van der Waals surface area contributed by atoms with Gasteiger partial charge in [-0.05, 0) is 54.1 Å². The van der Waals surface area contributed by atoms with E-state index in [1.165, 1.54) is 0 Å². The van der Waals surface area contributed by atoms with Crippen molar-refractivity contribution < 1.29 is 31.2 Å². The van der Waals surface area contributed by atoms with Crippen LogP contribution in [0, 0.1) is 29.1 Å². The first-order chi connectivity index (χ1) is 20.7. The molecule has 2 heterocycles. The molecule has 0 saturated carbocycles. The fraction of sp³-hybridized carbons (Fsp3) is 0.125. The highest BCUT2D eigenvalue weighted by atomic mass is 19.2. The molecule has 0 aliphatic carbocycles. The standard InChI is InChI=1S/C32H22F5N3O3/c33-25-26(34)28(36)30(29(37)27(25)35)40-14-12-39(13-15-40)22-10-8-21(9-11-22)38-31(41)20-6-3-5-18(16-20)23-17-19-4-1-2-7-24(19)43-32(23)42/h1-11,16-17H,12-15H2,(H,38,41). The Bertz CT molecular complexity index is 1890. The van der Waals surface area contributed by atoms with Crippen molar-refractivity contribution in [2.45, 2.75) is 0 Å². The Kier molecular flexibility index (Phi) is 7.31. The first kappa shape index (κ1) is 28.0. The van der Waals surface area contributed by atoms with Crippen LogP contribution in [-0.4, -0.2) is 32.1 Å². The van der Waals surface area contributed by atoms with Gasteiger partial charge in [0.1, 0.15) is 11.3 Å². The Morgan fingerprint density at radius 3 is 2.02 bits per heavy atom. The summed E-state index contributed by atoms with van der Waals surface area (Å²) in [5.74, 6) is -10.2. The van der Waals surface area contributed by atoms with Gasteiger partial charge in [0, 0.05) is 48.5 Å². The molecule has 11 heteroatoms. The molecule has 6 nitrogen and oxygen atoms in total. The number of nitrogens with zero attached hydrogens (tertiary/aromatic N) is 2. The van der Waals surface area contributed by atoms with Gasteiger partial charge in [0.05, 0.1) is 5.56 Å². The summed E-state index contributed by atoms with van der Waals surface area (Å²) in [7, 11) is 0. The Morgan fingerprint density at radius 2 is 1.33 bits per heavy atom. The minimum Gasteiger partial charge on any atom is -0.422 e. The zero-order chi connectivity index (χ0) is 30.2. The molecule has 0 atom stereocenters. The number of halogens is 5. The summed E-state index contributed by atoms with van der Waals surface area (Å²) in [5.41, 5.74) is 1.48. The Hall–Kier alpha value is -5.19. The maximum Gasteiger partial charge on any atom is 0.344 e. The van der Waals surface area contributed by atoms with Gasteiger partial charge in [-0.3, -0.25) is 4.79 Å². The van der Waals surface area contributed by atoms with Gasteiger partial charge in [0.2, 0.25) is 5.82 Å². The smallest absolute Gasteiger partial charge is 0.344 e. The summed E-state index contributed by atoms with van der Waals surface area (Å²) >= 11 is 0. The third kappa shape index (κ3) is 5.29. The molecule has 1 fully saturated rings. The van der Waals surface area contributed by atoms with Crippen molar-refractivity contribution >= 4 is 33.9 Å². The van der Waals surface area contributed by atoms with Gasteiger partial charge in [-0.25, -0.2) is 26.7 Å². The van der Waals surface area contributed by atoms with Gasteiger partial charge in [0.25, 0.3) is 5.91 Å². The van der Waals surface area contributed by atoms with Crippen LogP contribution < -0.4 is 20.7 Å². The molecule has 1 aliphatic rings. The second kappa shape index (κ2) is 11.2. The highest BCUT2D eigenvalue weighted by Gasteiger charge is 2.30. The maximum atomic E-state index is 14.2. The van der Waals surface area contributed by atoms with Crippen LogP contribution in [0.4, 0.5) is 39.0 Å². The van der Waals surface area contributed by atoms with Crippen LogP contribution in [-0.2, 0) is 0 Å². The zero-order valence-electron chi connectivity index (χ0n) is 22.3. The minimum absolute atomic E-state index is 0.0305. The predicted molar refractivity (Wildman–Crippen MR) is 153 cm³/mol. The third-order valence-electron chi connectivity index (χ3n) is 7.35. The molecule has 6 rings (SSSR count). The molecule has 43 heavy (non-hydrogen) atoms. The van der Waals surface area contributed by atoms with Gasteiger partial charge in [-0.1, -0.05) is 30.3 Å². The number of benzene rings is 4. The Morgan fingerprint density at radius 1 is 0.698 bits per heavy atom. The number of amides is 1. The molecule has 0 spiro atoms. The maximum absolute atomic E-state index is 14.2. The number of piperazine rings is 1. The van der Waals surface area contributed by atoms with Gasteiger partial charge >= 0.3 is 5.63 Å². The van der Waals surface area contributed by atoms with Crippen LogP contribution in [0.25, 0.3) is 22.1 Å². The molecule has 1 aliphatic heterocycles. The second-order valence-corrected chi connectivity index (χ2v) is 9.96. The molecular formula is C32H22F5N3O3. The van der Waals surface area contributed by atoms with Gasteiger partial charge in [-0.2, -0.15) is 0 Å². The number of hydrogen-bond acceptors (Lipinski definition) is 5. The van der Waals surface area contributed by atoms with Crippen molar-refractivity contribution in [1.82, 2.24) is 0 Å². The van der Waals surface area contributed by atoms with Crippen molar-refractivity contribution in [1.29, 1.82) is 0 Å². The van der Waals surface area contributed by atoms with E-state index in [1.54, 1.807) is 66.7 Å². The molecule has 0 radical (unpaired) electrons. The predicted octanol–water partition coefficient (Wildman–Crippen LogP) is 6.73. The minimum atomic E-state index is -2.19. The van der Waals surface area contributed by atoms with Crippen molar-refractivity contribution in [3.63, 3.8) is 0 Å². The lowest BCUT2D eigenvalue weighted by Gasteiger charge is -2.37. The monoisotopic (exact) mass is 591 g/mol. The molecule has 1 N–H and O–H groups in total. The number of para-hydroxylation sites is 1. The van der Waals surface area contributed by atoms with E-state index < -0.39 is 46.3 Å². The Balaban J connectivity index is 1.12. The normalized spacial score (nSPS) is 13.4. The molecule has 1 aromatic heterocycles. The van der Waals surface area contributed by atoms with E-state index >= 15 is 0 Å². The van der Waals surface area contributed by atoms with Crippen LogP contribution in [0.3, 0.4) is 0 Å². The highest BCUT2D eigenvalue weighted by Crippen LogP contribution is 2.32. The lowest BCUT2D eigenvalue weighted by atomic mass is 10.0. The fourth-order valence-electron chi connectivity index (χ4n) is 5.11. The number of anilines is 3. The third-order valence-corrected chi connectivity index (χ3v) is 7.35. The lowest BCUT2D eigenvalue weighted by molar-refractivity contribution is 0.102. The molecule has 5 aromatic rings. The van der Waals surface area contributed by atoms with E-state index in [-0.39, 0.29) is 26.2 Å². The average Bonchev–Trinajstić information content (AvgIpc) is 3.03. The Labute approximate surface area is 241 Å². The molecule has 1 amide bonds. The second-order valence-electron chi connectivity index (χ2n) is 9.96. The van der Waals surface area contributed by atoms with Crippen molar-refractivity contribution in [2.24, 2.45) is 0 Å². The van der Waals surface area contributed by atoms with Gasteiger partial charge < -0.3 is 19.5 Å². The zero-order valence-corrected chi connectivity index (χ0v) is 22.3. The largest absolute Gasteiger partial charge is 0.422 e. The van der Waals surface area contributed by atoms with E-state index in [0.717, 1.165) is 16.0 Å². The van der Waals surface area contributed by atoms with E-state index in [0.29, 0.717) is 28.0 Å². The number of hydrogen-bond donors (Lipinski definition) is 1. The first-order valence-corrected chi connectivity index (χ1v) is 13.3. The van der Waals surface area contributed by atoms with Crippen LogP contribution >= 0.6 is 0 Å². The number of rotatable bonds is 5. The van der Waals surface area contributed by atoms with Crippen molar-refractivity contribution in [3.8, 4) is 11.1 Å². The van der Waals surface area contributed by atoms with Crippen molar-refractivity contribution in [3.05, 3.63) is 124 Å². The van der Waals surface area contributed by atoms with E-state index in [4.69, 9.17) is 4.42 Å². The first-order valence-electron chi connectivity index (χ1n) is 13.3. The number of nitrogens with one attached hydrogen (secondary N) is 1. The van der Waals surface area contributed by atoms with E-state index in [2.05, 4.69) is 5.32 Å². The summed E-state index contributed by atoms with van der Waals surface area (Å²) in [5, 5.41) is 3.57. The van der Waals surface area contributed by atoms with E-state index in [1.807, 2.05) is 17.0 Å². The fourth-order valence-corrected chi connectivity index (χ4v) is 5.11. The van der Waals surface area contributed by atoms with Crippen LogP contribution in [0.5, 0.6) is 0 Å². The van der Waals surface area contributed by atoms with Crippen LogP contribution in [0.1, 0.15) is 10.4 Å². The summed E-state index contributed by atoms with van der Waals surface area (Å²) in [4.78, 5) is 28.6. The summed E-state index contributed by atoms with van der Waals surface area (Å²) in [6.07, 6.45) is 0. The number of fused-ring (bicyclic) bond motifs is 1. The molecular weight excluding hydrogens is 569 g/mol. The quantitative estimate of drug-likeness (QED) is 0.106. The average molecular weight is 592 g/mol. The SMILES string of the molecule is O=C(Nc1ccc(N2CCN(c3c(F)c(F)c(F)c(F)c3F)CC2)cc1)c1cccc(-c2cc3ccccc3oc2=O)c1. The molecule has 4 aromatic carbocycles. The van der Waals surface area contributed by atoms with Crippen LogP contribution in [0.15, 0.2) is 88.1 Å². The number of carbonyl (C=O) groups excluding carboxylic acids is 1. The summed E-state index contributed by atoms with van der Waals surface area (Å²) in [6, 6.07) is 22.4. The highest BCUT2D eigenvalue weighted by molar-refractivity contribution is 6.05. The van der Waals surface area contributed by atoms with Crippen LogP contribution in [0.2, 0.25) is 0 Å². The molecule has 0 bridgehead atoms. The van der Waals surface area contributed by atoms with Gasteiger partial charge in [-0.15, -0.1) is 0 Å². The molecule has 0 unspecified atom stereocenters. The number of carbonyl (C=O) groups is 1. The summed E-state index contributed by atoms with van der Waals surface area (Å²) in [6.45, 7) is 0.590. The molecule has 218 valence electrons. The lowest BCUT2D eigenvalue weighted by Crippen LogP contribution is -2.47. The van der Waals surface area contributed by atoms with E-state index in [9.17, 15) is 31.5 Å².